The Morgan fingerprint density at radius 1 is 1.00 bits per heavy atom. The lowest BCUT2D eigenvalue weighted by Gasteiger charge is -2.33. The predicted molar refractivity (Wildman–Crippen MR) is 135 cm³/mol. The molecule has 1 spiro atoms. The van der Waals surface area contributed by atoms with Crippen LogP contribution in [0.25, 0.3) is 0 Å². The molecule has 3 aromatic rings. The van der Waals surface area contributed by atoms with Gasteiger partial charge in [0, 0.05) is 17.3 Å². The van der Waals surface area contributed by atoms with Crippen LogP contribution < -0.4 is 24.6 Å². The molecule has 8 nitrogen and oxygen atoms in total. The Bertz CT molecular complexity index is 1320. The lowest BCUT2D eigenvalue weighted by Crippen LogP contribution is -2.50. The minimum Gasteiger partial charge on any atom is -0.497 e. The fourth-order valence-corrected chi connectivity index (χ4v) is 5.88. The second-order valence-electron chi connectivity index (χ2n) is 8.02. The number of carbonyl (C=O) groups is 3. The van der Waals surface area contributed by atoms with E-state index in [2.05, 4.69) is 5.32 Å². The molecule has 0 aliphatic carbocycles. The zero-order valence-corrected chi connectivity index (χ0v) is 20.0. The van der Waals surface area contributed by atoms with E-state index in [0.717, 1.165) is 0 Å². The number of rotatable bonds is 6. The monoisotopic (exact) mass is 489 g/mol. The smallest absolute Gasteiger partial charge is 0.269 e. The first-order valence-corrected chi connectivity index (χ1v) is 11.9. The molecular formula is C26H23N3O5S. The van der Waals surface area contributed by atoms with E-state index in [0.29, 0.717) is 34.1 Å². The summed E-state index contributed by atoms with van der Waals surface area (Å²) in [5.74, 6) is 0.324. The number of fused-ring (bicyclic) bond motifs is 2. The van der Waals surface area contributed by atoms with E-state index in [1.807, 2.05) is 48.5 Å². The molecule has 1 saturated heterocycles. The van der Waals surface area contributed by atoms with Crippen LogP contribution in [0.4, 0.5) is 17.1 Å². The molecule has 35 heavy (non-hydrogen) atoms. The van der Waals surface area contributed by atoms with Gasteiger partial charge in [-0.2, -0.15) is 0 Å². The summed E-state index contributed by atoms with van der Waals surface area (Å²) in [5, 5.41) is 2.82. The fraction of sp³-hybridized carbons (Fsp3) is 0.192. The van der Waals surface area contributed by atoms with Crippen molar-refractivity contribution in [2.45, 2.75) is 4.87 Å². The largest absolute Gasteiger partial charge is 0.497 e. The van der Waals surface area contributed by atoms with Crippen molar-refractivity contribution < 1.29 is 23.9 Å². The molecule has 1 fully saturated rings. The molecule has 1 N–H and O–H groups in total. The minimum absolute atomic E-state index is 0.154. The highest BCUT2D eigenvalue weighted by molar-refractivity contribution is 8.02. The first-order valence-electron chi connectivity index (χ1n) is 10.9. The molecule has 178 valence electrons. The number of hydrogen-bond acceptors (Lipinski definition) is 6. The lowest BCUT2D eigenvalue weighted by atomic mass is 10.0. The number of amides is 3. The number of anilines is 3. The molecule has 9 heteroatoms. The summed E-state index contributed by atoms with van der Waals surface area (Å²) in [5.41, 5.74) is 2.40. The molecule has 0 aromatic heterocycles. The number of nitrogens with zero attached hydrogens (tertiary/aromatic N) is 2. The van der Waals surface area contributed by atoms with Crippen molar-refractivity contribution in [1.29, 1.82) is 0 Å². The average molecular weight is 490 g/mol. The maximum Gasteiger partial charge on any atom is 0.269 e. The molecule has 3 amide bonds. The summed E-state index contributed by atoms with van der Waals surface area (Å²) in [7, 11) is 3.05. The Hall–Kier alpha value is -3.98. The second-order valence-corrected chi connectivity index (χ2v) is 9.19. The van der Waals surface area contributed by atoms with E-state index in [9.17, 15) is 14.4 Å². The number of para-hydroxylation sites is 2. The summed E-state index contributed by atoms with van der Waals surface area (Å²) in [6.45, 7) is -0.218. The molecule has 2 aliphatic heterocycles. The van der Waals surface area contributed by atoms with Crippen molar-refractivity contribution in [3.05, 3.63) is 78.4 Å². The standard InChI is InChI=1S/C26H23N3O5S/c1-33-18-12-13-20(22(14-18)34-2)27-23(30)15-28-21-11-7-6-10-19(21)26(25(28)32)29(24(31)16-35-26)17-8-4-3-5-9-17/h3-14H,15-16H2,1-2H3,(H,27,30)/t26-/m1/s1. The topological polar surface area (TPSA) is 88.2 Å². The van der Waals surface area contributed by atoms with Crippen molar-refractivity contribution in [3.63, 3.8) is 0 Å². The zero-order valence-electron chi connectivity index (χ0n) is 19.2. The number of carbonyl (C=O) groups excluding carboxylic acids is 3. The van der Waals surface area contributed by atoms with Gasteiger partial charge < -0.3 is 14.8 Å². The number of benzene rings is 3. The summed E-state index contributed by atoms with van der Waals surface area (Å²) < 4.78 is 10.6. The molecule has 0 saturated carbocycles. The molecule has 2 aliphatic rings. The Balaban J connectivity index is 1.48. The van der Waals surface area contributed by atoms with Gasteiger partial charge in [0.05, 0.1) is 31.3 Å². The van der Waals surface area contributed by atoms with Crippen LogP contribution in [-0.4, -0.2) is 44.2 Å². The summed E-state index contributed by atoms with van der Waals surface area (Å²) >= 11 is 1.28. The van der Waals surface area contributed by atoms with Crippen molar-refractivity contribution in [2.24, 2.45) is 0 Å². The molecule has 5 rings (SSSR count). The Morgan fingerprint density at radius 3 is 2.49 bits per heavy atom. The third-order valence-electron chi connectivity index (χ3n) is 6.06. The third-order valence-corrected chi connectivity index (χ3v) is 7.45. The highest BCUT2D eigenvalue weighted by Gasteiger charge is 2.61. The maximum absolute atomic E-state index is 14.0. The zero-order chi connectivity index (χ0) is 24.6. The first-order chi connectivity index (χ1) is 17.0. The van der Waals surface area contributed by atoms with Crippen molar-refractivity contribution in [3.8, 4) is 11.5 Å². The van der Waals surface area contributed by atoms with Crippen molar-refractivity contribution in [1.82, 2.24) is 0 Å². The van der Waals surface area contributed by atoms with Crippen LogP contribution in [0.3, 0.4) is 0 Å². The summed E-state index contributed by atoms with van der Waals surface area (Å²) in [4.78, 5) is 41.9. The highest BCUT2D eigenvalue weighted by Crippen LogP contribution is 2.55. The molecule has 1 atom stereocenters. The van der Waals surface area contributed by atoms with Gasteiger partial charge in [-0.15, -0.1) is 11.8 Å². The van der Waals surface area contributed by atoms with Gasteiger partial charge in [-0.3, -0.25) is 24.2 Å². The molecule has 0 unspecified atom stereocenters. The van der Waals surface area contributed by atoms with Crippen molar-refractivity contribution >= 4 is 46.5 Å². The van der Waals surface area contributed by atoms with E-state index in [1.165, 1.54) is 23.8 Å². The van der Waals surface area contributed by atoms with Gasteiger partial charge in [-0.25, -0.2) is 0 Å². The Morgan fingerprint density at radius 2 is 1.74 bits per heavy atom. The number of hydrogen-bond donors (Lipinski definition) is 1. The molecule has 0 bridgehead atoms. The van der Waals surface area contributed by atoms with E-state index in [1.54, 1.807) is 36.3 Å². The number of thioether (sulfide) groups is 1. The van der Waals surface area contributed by atoms with Crippen LogP contribution >= 0.6 is 11.8 Å². The van der Waals surface area contributed by atoms with E-state index < -0.39 is 10.8 Å². The van der Waals surface area contributed by atoms with E-state index in [4.69, 9.17) is 9.47 Å². The van der Waals surface area contributed by atoms with Gasteiger partial charge >= 0.3 is 0 Å². The number of nitrogens with one attached hydrogen (secondary N) is 1. The van der Waals surface area contributed by atoms with Crippen molar-refractivity contribution in [2.75, 3.05) is 41.6 Å². The van der Waals surface area contributed by atoms with Gasteiger partial charge in [0.2, 0.25) is 16.7 Å². The summed E-state index contributed by atoms with van der Waals surface area (Å²) in [6, 6.07) is 21.5. The number of methoxy groups -OCH3 is 2. The van der Waals surface area contributed by atoms with Crippen LogP contribution in [0.2, 0.25) is 0 Å². The average Bonchev–Trinajstić information content (AvgIpc) is 3.35. The second kappa shape index (κ2) is 8.99. The Labute approximate surface area is 206 Å². The van der Waals surface area contributed by atoms with E-state index in [-0.39, 0.29) is 24.1 Å². The minimum atomic E-state index is -1.26. The van der Waals surface area contributed by atoms with E-state index >= 15 is 0 Å². The van der Waals surface area contributed by atoms with Crippen LogP contribution in [0.5, 0.6) is 11.5 Å². The van der Waals surface area contributed by atoms with Gasteiger partial charge in [0.15, 0.2) is 0 Å². The highest BCUT2D eigenvalue weighted by atomic mass is 32.2. The van der Waals surface area contributed by atoms with Crippen LogP contribution in [0.15, 0.2) is 72.8 Å². The fourth-order valence-electron chi connectivity index (χ4n) is 4.52. The molecule has 3 aromatic carbocycles. The lowest BCUT2D eigenvalue weighted by molar-refractivity contribution is -0.124. The SMILES string of the molecule is COc1ccc(NC(=O)CN2C(=O)[C@]3(SCC(=O)N3c3ccccc3)c3ccccc32)c(OC)c1. The van der Waals surface area contributed by atoms with Gasteiger partial charge in [-0.1, -0.05) is 36.4 Å². The predicted octanol–water partition coefficient (Wildman–Crippen LogP) is 3.62. The van der Waals surface area contributed by atoms with Gasteiger partial charge in [0.1, 0.15) is 18.0 Å². The van der Waals surface area contributed by atoms with Gasteiger partial charge in [-0.05, 0) is 30.3 Å². The first kappa shape index (κ1) is 22.8. The molecule has 0 radical (unpaired) electrons. The Kier molecular flexibility index (Phi) is 5.86. The summed E-state index contributed by atoms with van der Waals surface area (Å²) in [6.07, 6.45) is 0. The van der Waals surface area contributed by atoms with Crippen LogP contribution in [0, 0.1) is 0 Å². The molecule has 2 heterocycles. The van der Waals surface area contributed by atoms with Crippen LogP contribution in [-0.2, 0) is 19.3 Å². The number of ether oxygens (including phenoxy) is 2. The quantitative estimate of drug-likeness (QED) is 0.569. The van der Waals surface area contributed by atoms with Gasteiger partial charge in [0.25, 0.3) is 5.91 Å². The third kappa shape index (κ3) is 3.68. The van der Waals surface area contributed by atoms with Crippen LogP contribution in [0.1, 0.15) is 5.56 Å². The maximum atomic E-state index is 14.0. The molecular weight excluding hydrogens is 466 g/mol. The normalized spacial score (nSPS) is 18.7.